The van der Waals surface area contributed by atoms with E-state index in [-0.39, 0.29) is 0 Å². The number of benzene rings is 2. The Morgan fingerprint density at radius 3 is 1.41 bits per heavy atom. The van der Waals surface area contributed by atoms with Crippen LogP contribution >= 0.6 is 0 Å². The molecule has 2 fully saturated rings. The molecule has 0 saturated carbocycles. The third-order valence-corrected chi connectivity index (χ3v) is 15.5. The highest BCUT2D eigenvalue weighted by Gasteiger charge is 2.24. The molecule has 0 unspecified atom stereocenters. The first kappa shape index (κ1) is 24.0. The molecule has 0 N–H and O–H groups in total. The Bertz CT molecular complexity index is 779. The molecule has 2 heteroatoms. The molecular formula is C30H46Si2. The zero-order chi connectivity index (χ0) is 22.2. The van der Waals surface area contributed by atoms with Gasteiger partial charge in [-0.05, 0) is 23.0 Å². The summed E-state index contributed by atoms with van der Waals surface area (Å²) in [4.78, 5) is 0. The van der Waals surface area contributed by atoms with Gasteiger partial charge in [-0.15, -0.1) is 0 Å². The van der Waals surface area contributed by atoms with Crippen molar-refractivity contribution in [2.45, 2.75) is 102 Å². The number of hydrogen-bond acceptors (Lipinski definition) is 0. The molecule has 2 heterocycles. The van der Waals surface area contributed by atoms with Crippen LogP contribution in [0.15, 0.2) is 48.5 Å². The van der Waals surface area contributed by atoms with E-state index in [0.29, 0.717) is 0 Å². The summed E-state index contributed by atoms with van der Waals surface area (Å²) in [6.07, 6.45) is 14.6. The third kappa shape index (κ3) is 6.47. The van der Waals surface area contributed by atoms with Crippen molar-refractivity contribution in [3.05, 3.63) is 48.5 Å². The zero-order valence-corrected chi connectivity index (χ0v) is 23.1. The van der Waals surface area contributed by atoms with Crippen LogP contribution in [0.5, 0.6) is 0 Å². The van der Waals surface area contributed by atoms with Gasteiger partial charge in [0.2, 0.25) is 0 Å². The van der Waals surface area contributed by atoms with E-state index in [9.17, 15) is 0 Å². The van der Waals surface area contributed by atoms with Crippen molar-refractivity contribution >= 4 is 28.0 Å². The average molecular weight is 463 g/mol. The quantitative estimate of drug-likeness (QED) is 0.268. The molecule has 2 aromatic carbocycles. The highest BCUT2D eigenvalue weighted by molar-refractivity contribution is 6.73. The maximum atomic E-state index is 2.49. The summed E-state index contributed by atoms with van der Waals surface area (Å²) >= 11 is 0. The van der Waals surface area contributed by atoms with Crippen molar-refractivity contribution in [1.29, 1.82) is 0 Å². The van der Waals surface area contributed by atoms with Crippen molar-refractivity contribution in [3.8, 4) is 11.1 Å². The van der Waals surface area contributed by atoms with Crippen LogP contribution in [0, 0.1) is 11.8 Å². The van der Waals surface area contributed by atoms with Crippen LogP contribution in [-0.2, 0) is 0 Å². The van der Waals surface area contributed by atoms with Gasteiger partial charge in [0.25, 0.3) is 0 Å². The van der Waals surface area contributed by atoms with Gasteiger partial charge in [-0.2, -0.15) is 0 Å². The third-order valence-electron chi connectivity index (χ3n) is 8.70. The van der Waals surface area contributed by atoms with Crippen LogP contribution < -0.4 is 10.4 Å². The zero-order valence-electron chi connectivity index (χ0n) is 20.8. The average Bonchev–Trinajstić information content (AvgIpc) is 2.86. The van der Waals surface area contributed by atoms with Crippen molar-refractivity contribution in [2.75, 3.05) is 0 Å². The second-order valence-corrected chi connectivity index (χ2v) is 17.4. The Morgan fingerprint density at radius 1 is 0.562 bits per heavy atom. The fourth-order valence-corrected chi connectivity index (χ4v) is 13.4. The summed E-state index contributed by atoms with van der Waals surface area (Å²) < 4.78 is 0. The highest BCUT2D eigenvalue weighted by Crippen LogP contribution is 2.30. The SMILES string of the molecule is CCCCCC1CC[SiH](c2ccc(-c3ccc([Si@H]4CC[C@H](CCC)CC4)cc3)cc2)CC1. The minimum absolute atomic E-state index is 0.700. The van der Waals surface area contributed by atoms with Crippen molar-refractivity contribution in [1.82, 2.24) is 0 Å². The largest absolute Gasteiger partial charge is 0.0708 e. The van der Waals surface area contributed by atoms with E-state index in [4.69, 9.17) is 0 Å². The summed E-state index contributed by atoms with van der Waals surface area (Å²) in [5.74, 6) is 2.06. The topological polar surface area (TPSA) is 0 Å². The van der Waals surface area contributed by atoms with Crippen molar-refractivity contribution in [3.63, 3.8) is 0 Å². The van der Waals surface area contributed by atoms with E-state index < -0.39 is 17.6 Å². The van der Waals surface area contributed by atoms with Crippen molar-refractivity contribution in [2.24, 2.45) is 11.8 Å². The fraction of sp³-hybridized carbons (Fsp3) is 0.600. The number of unbranched alkanes of at least 4 members (excludes halogenated alkanes) is 2. The lowest BCUT2D eigenvalue weighted by Crippen LogP contribution is -2.34. The van der Waals surface area contributed by atoms with Crippen molar-refractivity contribution < 1.29 is 0 Å². The lowest BCUT2D eigenvalue weighted by molar-refractivity contribution is 0.418. The van der Waals surface area contributed by atoms with Crippen LogP contribution in [0.2, 0.25) is 24.2 Å². The minimum Gasteiger partial charge on any atom is -0.0654 e. The molecule has 2 saturated heterocycles. The van der Waals surface area contributed by atoms with E-state index in [0.717, 1.165) is 11.8 Å². The predicted octanol–water partition coefficient (Wildman–Crippen LogP) is 7.42. The summed E-state index contributed by atoms with van der Waals surface area (Å²) in [5, 5.41) is 3.43. The van der Waals surface area contributed by atoms with Gasteiger partial charge in [-0.25, -0.2) is 0 Å². The molecule has 0 radical (unpaired) electrons. The molecule has 0 amide bonds. The molecule has 2 aliphatic heterocycles. The van der Waals surface area contributed by atoms with Gasteiger partial charge >= 0.3 is 0 Å². The monoisotopic (exact) mass is 462 g/mol. The van der Waals surface area contributed by atoms with Crippen LogP contribution in [0.4, 0.5) is 0 Å². The Labute approximate surface area is 201 Å². The van der Waals surface area contributed by atoms with Gasteiger partial charge in [-0.1, -0.05) is 161 Å². The van der Waals surface area contributed by atoms with Crippen LogP contribution in [-0.4, -0.2) is 17.6 Å². The van der Waals surface area contributed by atoms with Crippen LogP contribution in [0.3, 0.4) is 0 Å². The van der Waals surface area contributed by atoms with E-state index in [1.54, 1.807) is 10.4 Å². The van der Waals surface area contributed by atoms with Gasteiger partial charge < -0.3 is 0 Å². The first-order valence-electron chi connectivity index (χ1n) is 14.0. The summed E-state index contributed by atoms with van der Waals surface area (Å²) in [5.41, 5.74) is 2.83. The van der Waals surface area contributed by atoms with Crippen LogP contribution in [0.25, 0.3) is 11.1 Å². The lowest BCUT2D eigenvalue weighted by Gasteiger charge is -2.28. The first-order valence-corrected chi connectivity index (χ1v) is 18.4. The summed E-state index contributed by atoms with van der Waals surface area (Å²) in [6, 6.07) is 25.7. The maximum Gasteiger partial charge on any atom is 0.0708 e. The Kier molecular flexibility index (Phi) is 9.28. The Hall–Kier alpha value is -1.13. The van der Waals surface area contributed by atoms with E-state index in [1.165, 1.54) is 99.5 Å². The normalized spacial score (nSPS) is 26.2. The van der Waals surface area contributed by atoms with Gasteiger partial charge in [0.1, 0.15) is 0 Å². The van der Waals surface area contributed by atoms with Gasteiger partial charge in [0.05, 0.1) is 17.6 Å². The Balaban J connectivity index is 1.29. The smallest absolute Gasteiger partial charge is 0.0654 e. The molecule has 0 aliphatic carbocycles. The van der Waals surface area contributed by atoms with E-state index in [1.807, 2.05) is 0 Å². The van der Waals surface area contributed by atoms with Gasteiger partial charge in [-0.3, -0.25) is 0 Å². The molecule has 0 bridgehead atoms. The molecule has 0 aromatic heterocycles. The molecule has 2 aromatic rings. The molecule has 4 rings (SSSR count). The standard InChI is InChI=1S/C30H46Si2/c1-3-5-6-8-26-19-23-32(24-20-26)30-15-11-28(12-16-30)27-9-13-29(14-10-27)31-21-17-25(7-4-2)18-22-31/h9-16,25-26,31-32H,3-8,17-24H2,1-2H3/t25-,26?,31-,32?. The first-order chi connectivity index (χ1) is 15.8. The molecule has 174 valence electrons. The number of hydrogen-bond donors (Lipinski definition) is 0. The molecule has 0 atom stereocenters. The van der Waals surface area contributed by atoms with E-state index in [2.05, 4.69) is 62.4 Å². The Morgan fingerprint density at radius 2 is 1.00 bits per heavy atom. The second kappa shape index (κ2) is 12.4. The summed E-state index contributed by atoms with van der Waals surface area (Å²) in [7, 11) is -1.41. The number of rotatable bonds is 9. The van der Waals surface area contributed by atoms with Gasteiger partial charge in [0.15, 0.2) is 0 Å². The summed E-state index contributed by atoms with van der Waals surface area (Å²) in [6.45, 7) is 4.67. The predicted molar refractivity (Wildman–Crippen MR) is 149 cm³/mol. The van der Waals surface area contributed by atoms with Gasteiger partial charge in [0, 0.05) is 0 Å². The maximum absolute atomic E-state index is 2.49. The lowest BCUT2D eigenvalue weighted by atomic mass is 9.96. The highest BCUT2D eigenvalue weighted by atomic mass is 28.3. The molecule has 0 spiro atoms. The fourth-order valence-electron chi connectivity index (χ4n) is 6.56. The molecule has 32 heavy (non-hydrogen) atoms. The van der Waals surface area contributed by atoms with Crippen LogP contribution in [0.1, 0.15) is 78.1 Å². The minimum atomic E-state index is -0.711. The second-order valence-electron chi connectivity index (χ2n) is 11.0. The molecule has 2 aliphatic rings. The molecular weight excluding hydrogens is 417 g/mol. The van der Waals surface area contributed by atoms with E-state index >= 15 is 0 Å². The molecule has 0 nitrogen and oxygen atoms in total.